The highest BCUT2D eigenvalue weighted by molar-refractivity contribution is 9.10. The summed E-state index contributed by atoms with van der Waals surface area (Å²) in [7, 11) is 2.08. The molecule has 1 saturated heterocycles. The van der Waals surface area contributed by atoms with Gasteiger partial charge in [0.25, 0.3) is 0 Å². The van der Waals surface area contributed by atoms with E-state index in [2.05, 4.69) is 71.3 Å². The van der Waals surface area contributed by atoms with Gasteiger partial charge < -0.3 is 5.32 Å². The monoisotopic (exact) mass is 310 g/mol. The Morgan fingerprint density at radius 2 is 1.89 bits per heavy atom. The molecule has 100 valence electrons. The van der Waals surface area contributed by atoms with Crippen molar-refractivity contribution in [2.45, 2.75) is 38.3 Å². The number of nitrogens with zero attached hydrogens (tertiary/aromatic N) is 1. The minimum absolute atomic E-state index is 0.324. The highest BCUT2D eigenvalue weighted by Gasteiger charge is 2.30. The second-order valence-corrected chi connectivity index (χ2v) is 6.40. The molecule has 1 aromatic rings. The Hall–Kier alpha value is -0.380. The Labute approximate surface area is 119 Å². The van der Waals surface area contributed by atoms with Crippen LogP contribution in [0, 0.1) is 0 Å². The van der Waals surface area contributed by atoms with Gasteiger partial charge in [-0.1, -0.05) is 34.1 Å². The molecule has 1 unspecified atom stereocenters. The molecule has 0 radical (unpaired) electrons. The fraction of sp³-hybridized carbons (Fsp3) is 0.600. The third-order valence-corrected chi connectivity index (χ3v) is 5.13. The third kappa shape index (κ3) is 2.95. The molecule has 2 rings (SSSR count). The SMILES string of the molecule is CNC1(C)CCN(C(C)c2ccccc2Br)CC1. The van der Waals surface area contributed by atoms with E-state index in [4.69, 9.17) is 0 Å². The molecule has 0 spiro atoms. The predicted octanol–water partition coefficient (Wildman–Crippen LogP) is 3.58. The molecule has 18 heavy (non-hydrogen) atoms. The number of piperidine rings is 1. The zero-order valence-corrected chi connectivity index (χ0v) is 13.1. The van der Waals surface area contributed by atoms with Crippen LogP contribution in [0.3, 0.4) is 0 Å². The summed E-state index contributed by atoms with van der Waals surface area (Å²) < 4.78 is 1.22. The lowest BCUT2D eigenvalue weighted by atomic mass is 9.88. The van der Waals surface area contributed by atoms with Crippen LogP contribution in [-0.2, 0) is 0 Å². The first-order valence-electron chi connectivity index (χ1n) is 6.73. The van der Waals surface area contributed by atoms with Gasteiger partial charge in [-0.15, -0.1) is 0 Å². The van der Waals surface area contributed by atoms with E-state index >= 15 is 0 Å². The molecule has 2 nitrogen and oxygen atoms in total. The van der Waals surface area contributed by atoms with Crippen molar-refractivity contribution in [3.63, 3.8) is 0 Å². The van der Waals surface area contributed by atoms with E-state index in [0.29, 0.717) is 11.6 Å². The lowest BCUT2D eigenvalue weighted by Crippen LogP contribution is -2.50. The summed E-state index contributed by atoms with van der Waals surface area (Å²) in [6.45, 7) is 6.97. The number of halogens is 1. The number of rotatable bonds is 3. The minimum atomic E-state index is 0.324. The Kier molecular flexibility index (Phi) is 4.46. The fourth-order valence-corrected chi connectivity index (χ4v) is 3.28. The molecule has 1 aliphatic rings. The van der Waals surface area contributed by atoms with Crippen LogP contribution < -0.4 is 5.32 Å². The first-order valence-corrected chi connectivity index (χ1v) is 7.52. The zero-order chi connectivity index (χ0) is 13.2. The number of hydrogen-bond donors (Lipinski definition) is 1. The van der Waals surface area contributed by atoms with Crippen molar-refractivity contribution >= 4 is 15.9 Å². The van der Waals surface area contributed by atoms with Gasteiger partial charge in [0.2, 0.25) is 0 Å². The quantitative estimate of drug-likeness (QED) is 0.918. The lowest BCUT2D eigenvalue weighted by molar-refractivity contribution is 0.117. The number of likely N-dealkylation sites (tertiary alicyclic amines) is 1. The average Bonchev–Trinajstić information content (AvgIpc) is 2.39. The van der Waals surface area contributed by atoms with Crippen molar-refractivity contribution in [2.24, 2.45) is 0 Å². The average molecular weight is 311 g/mol. The summed E-state index contributed by atoms with van der Waals surface area (Å²) in [5, 5.41) is 3.45. The van der Waals surface area contributed by atoms with E-state index in [1.807, 2.05) is 0 Å². The van der Waals surface area contributed by atoms with Crippen molar-refractivity contribution in [3.05, 3.63) is 34.3 Å². The predicted molar refractivity (Wildman–Crippen MR) is 80.8 cm³/mol. The van der Waals surface area contributed by atoms with Crippen LogP contribution in [0.4, 0.5) is 0 Å². The summed E-state index contributed by atoms with van der Waals surface area (Å²) in [5.74, 6) is 0. The van der Waals surface area contributed by atoms with Gasteiger partial charge in [0.15, 0.2) is 0 Å². The summed E-state index contributed by atoms with van der Waals surface area (Å²) in [6, 6.07) is 9.04. The van der Waals surface area contributed by atoms with Crippen molar-refractivity contribution < 1.29 is 0 Å². The Morgan fingerprint density at radius 1 is 1.28 bits per heavy atom. The van der Waals surface area contributed by atoms with E-state index in [9.17, 15) is 0 Å². The number of nitrogens with one attached hydrogen (secondary N) is 1. The van der Waals surface area contributed by atoms with E-state index in [0.717, 1.165) is 0 Å². The van der Waals surface area contributed by atoms with Gasteiger partial charge in [-0.2, -0.15) is 0 Å². The maximum absolute atomic E-state index is 3.66. The Balaban J connectivity index is 2.04. The summed E-state index contributed by atoms with van der Waals surface area (Å²) in [4.78, 5) is 2.58. The van der Waals surface area contributed by atoms with Crippen LogP contribution in [0.1, 0.15) is 38.3 Å². The van der Waals surface area contributed by atoms with Gasteiger partial charge in [0, 0.05) is 29.1 Å². The van der Waals surface area contributed by atoms with Gasteiger partial charge in [0.05, 0.1) is 0 Å². The van der Waals surface area contributed by atoms with Crippen LogP contribution in [0.25, 0.3) is 0 Å². The van der Waals surface area contributed by atoms with Crippen molar-refractivity contribution in [2.75, 3.05) is 20.1 Å². The second-order valence-electron chi connectivity index (χ2n) is 5.54. The normalized spacial score (nSPS) is 21.8. The number of hydrogen-bond acceptors (Lipinski definition) is 2. The van der Waals surface area contributed by atoms with Crippen LogP contribution in [-0.4, -0.2) is 30.6 Å². The smallest absolute Gasteiger partial charge is 0.0331 e. The maximum atomic E-state index is 3.66. The topological polar surface area (TPSA) is 15.3 Å². The van der Waals surface area contributed by atoms with Gasteiger partial charge in [-0.25, -0.2) is 0 Å². The van der Waals surface area contributed by atoms with E-state index in [1.54, 1.807) is 0 Å². The van der Waals surface area contributed by atoms with Crippen molar-refractivity contribution in [1.82, 2.24) is 10.2 Å². The molecule has 0 amide bonds. The van der Waals surface area contributed by atoms with Gasteiger partial charge in [0.1, 0.15) is 0 Å². The van der Waals surface area contributed by atoms with Crippen molar-refractivity contribution in [1.29, 1.82) is 0 Å². The Bertz CT molecular complexity index is 397. The van der Waals surface area contributed by atoms with Crippen LogP contribution >= 0.6 is 15.9 Å². The van der Waals surface area contributed by atoms with Crippen LogP contribution in [0.15, 0.2) is 28.7 Å². The molecule has 3 heteroatoms. The summed E-state index contributed by atoms with van der Waals surface area (Å²) in [6.07, 6.45) is 2.44. The summed E-state index contributed by atoms with van der Waals surface area (Å²) >= 11 is 3.66. The highest BCUT2D eigenvalue weighted by atomic mass is 79.9. The first kappa shape index (κ1) is 14.0. The number of benzene rings is 1. The van der Waals surface area contributed by atoms with Crippen molar-refractivity contribution in [3.8, 4) is 0 Å². The van der Waals surface area contributed by atoms with E-state index in [1.165, 1.54) is 36.0 Å². The molecule has 1 atom stereocenters. The highest BCUT2D eigenvalue weighted by Crippen LogP contribution is 2.31. The fourth-order valence-electron chi connectivity index (χ4n) is 2.67. The first-order chi connectivity index (χ1) is 8.56. The molecule has 0 aliphatic carbocycles. The lowest BCUT2D eigenvalue weighted by Gasteiger charge is -2.42. The minimum Gasteiger partial charge on any atom is -0.314 e. The molecular formula is C15H23BrN2. The molecule has 1 N–H and O–H groups in total. The molecule has 1 heterocycles. The molecule has 0 aromatic heterocycles. The Morgan fingerprint density at radius 3 is 2.44 bits per heavy atom. The molecule has 1 fully saturated rings. The largest absolute Gasteiger partial charge is 0.314 e. The zero-order valence-electron chi connectivity index (χ0n) is 11.5. The molecule has 1 aromatic carbocycles. The van der Waals surface area contributed by atoms with Crippen LogP contribution in [0.2, 0.25) is 0 Å². The molecule has 0 saturated carbocycles. The second kappa shape index (κ2) is 5.72. The maximum Gasteiger partial charge on any atom is 0.0331 e. The van der Waals surface area contributed by atoms with Gasteiger partial charge in [-0.3, -0.25) is 4.90 Å². The molecule has 0 bridgehead atoms. The molecular weight excluding hydrogens is 288 g/mol. The van der Waals surface area contributed by atoms with E-state index < -0.39 is 0 Å². The van der Waals surface area contributed by atoms with Crippen LogP contribution in [0.5, 0.6) is 0 Å². The molecule has 1 aliphatic heterocycles. The standard InChI is InChI=1S/C15H23BrN2/c1-12(13-6-4-5-7-14(13)16)18-10-8-15(2,17-3)9-11-18/h4-7,12,17H,8-11H2,1-3H3. The summed E-state index contributed by atoms with van der Waals surface area (Å²) in [5.41, 5.74) is 1.72. The van der Waals surface area contributed by atoms with E-state index in [-0.39, 0.29) is 0 Å². The van der Waals surface area contributed by atoms with Gasteiger partial charge in [-0.05, 0) is 45.4 Å². The third-order valence-electron chi connectivity index (χ3n) is 4.41. The van der Waals surface area contributed by atoms with Gasteiger partial charge >= 0.3 is 0 Å².